The molecule has 1 fully saturated rings. The maximum absolute atomic E-state index is 11.6. The summed E-state index contributed by atoms with van der Waals surface area (Å²) in [5.74, 6) is 0.587. The predicted octanol–water partition coefficient (Wildman–Crippen LogP) is 1.73. The maximum atomic E-state index is 11.6. The SMILES string of the molecule is COC(=O)C1CCN(C[C@H](O)COc2ccc(CN(C)Cc3cnccn3)cc2)CC1. The molecule has 168 valence electrons. The number of aliphatic hydroxyl groups is 1. The molecular weight excluding hydrogens is 396 g/mol. The molecule has 1 aromatic carbocycles. The first-order valence-corrected chi connectivity index (χ1v) is 10.7. The molecule has 0 bridgehead atoms. The van der Waals surface area contributed by atoms with Crippen molar-refractivity contribution in [2.45, 2.75) is 32.0 Å². The first-order valence-electron chi connectivity index (χ1n) is 10.7. The van der Waals surface area contributed by atoms with Gasteiger partial charge in [0.2, 0.25) is 0 Å². The van der Waals surface area contributed by atoms with Crippen LogP contribution < -0.4 is 4.74 Å². The molecule has 0 aliphatic carbocycles. The topological polar surface area (TPSA) is 88.0 Å². The standard InChI is InChI=1S/C23H32N4O4/c1-26(15-20-13-24-9-10-25-20)14-18-3-5-22(6-4-18)31-17-21(28)16-27-11-7-19(8-12-27)23(29)30-2/h3-6,9-10,13,19,21,28H,7-8,11-12,14-17H2,1-2H3/t21-/m0/s1. The van der Waals surface area contributed by atoms with E-state index in [1.807, 2.05) is 31.3 Å². The van der Waals surface area contributed by atoms with E-state index in [1.54, 1.807) is 18.6 Å². The van der Waals surface area contributed by atoms with Crippen molar-refractivity contribution in [2.24, 2.45) is 5.92 Å². The Kier molecular flexibility index (Phi) is 8.75. The van der Waals surface area contributed by atoms with Gasteiger partial charge in [0.1, 0.15) is 18.5 Å². The van der Waals surface area contributed by atoms with Crippen LogP contribution in [0.25, 0.3) is 0 Å². The van der Waals surface area contributed by atoms with Gasteiger partial charge in [-0.1, -0.05) is 12.1 Å². The molecule has 3 rings (SSSR count). The van der Waals surface area contributed by atoms with Crippen LogP contribution in [0.2, 0.25) is 0 Å². The number of benzene rings is 1. The Hall–Kier alpha value is -2.55. The molecule has 31 heavy (non-hydrogen) atoms. The summed E-state index contributed by atoms with van der Waals surface area (Å²) in [7, 11) is 3.48. The number of hydrogen-bond donors (Lipinski definition) is 1. The smallest absolute Gasteiger partial charge is 0.308 e. The third-order valence-corrected chi connectivity index (χ3v) is 5.46. The van der Waals surface area contributed by atoms with Crippen LogP contribution in [-0.2, 0) is 22.6 Å². The molecule has 1 atom stereocenters. The van der Waals surface area contributed by atoms with Crippen molar-refractivity contribution in [3.63, 3.8) is 0 Å². The minimum absolute atomic E-state index is 0.0205. The van der Waals surface area contributed by atoms with E-state index >= 15 is 0 Å². The average molecular weight is 429 g/mol. The van der Waals surface area contributed by atoms with Crippen molar-refractivity contribution >= 4 is 5.97 Å². The lowest BCUT2D eigenvalue weighted by molar-refractivity contribution is -0.147. The predicted molar refractivity (Wildman–Crippen MR) is 116 cm³/mol. The van der Waals surface area contributed by atoms with Crippen molar-refractivity contribution in [1.29, 1.82) is 0 Å². The second kappa shape index (κ2) is 11.7. The monoisotopic (exact) mass is 428 g/mol. The third-order valence-electron chi connectivity index (χ3n) is 5.46. The van der Waals surface area contributed by atoms with Crippen LogP contribution in [0, 0.1) is 5.92 Å². The van der Waals surface area contributed by atoms with Crippen LogP contribution >= 0.6 is 0 Å². The molecule has 8 nitrogen and oxygen atoms in total. The Balaban J connectivity index is 1.36. The van der Waals surface area contributed by atoms with E-state index < -0.39 is 6.10 Å². The zero-order chi connectivity index (χ0) is 22.1. The fourth-order valence-electron chi connectivity index (χ4n) is 3.81. The quantitative estimate of drug-likeness (QED) is 0.573. The minimum Gasteiger partial charge on any atom is -0.491 e. The lowest BCUT2D eigenvalue weighted by Crippen LogP contribution is -2.42. The summed E-state index contributed by atoms with van der Waals surface area (Å²) < 4.78 is 10.6. The van der Waals surface area contributed by atoms with Gasteiger partial charge in [-0.05, 0) is 50.7 Å². The van der Waals surface area contributed by atoms with E-state index in [9.17, 15) is 9.90 Å². The largest absolute Gasteiger partial charge is 0.491 e. The number of hydrogen-bond acceptors (Lipinski definition) is 8. The molecule has 0 spiro atoms. The molecule has 0 saturated carbocycles. The zero-order valence-electron chi connectivity index (χ0n) is 18.3. The summed E-state index contributed by atoms with van der Waals surface area (Å²) in [6, 6.07) is 7.93. The number of β-amino-alcohol motifs (C(OH)–C–C–N with tert-alkyl or cyclic N) is 1. The van der Waals surface area contributed by atoms with Crippen molar-refractivity contribution in [3.8, 4) is 5.75 Å². The van der Waals surface area contributed by atoms with Gasteiger partial charge in [0.05, 0.1) is 18.7 Å². The fourth-order valence-corrected chi connectivity index (χ4v) is 3.81. The number of nitrogens with zero attached hydrogens (tertiary/aromatic N) is 4. The summed E-state index contributed by atoms with van der Waals surface area (Å²) in [5.41, 5.74) is 2.11. The number of ether oxygens (including phenoxy) is 2. The Morgan fingerprint density at radius 1 is 1.23 bits per heavy atom. The maximum Gasteiger partial charge on any atom is 0.308 e. The van der Waals surface area contributed by atoms with Gasteiger partial charge < -0.3 is 19.5 Å². The highest BCUT2D eigenvalue weighted by molar-refractivity contribution is 5.72. The Bertz CT molecular complexity index is 795. The third kappa shape index (κ3) is 7.57. The molecule has 2 aromatic rings. The fraction of sp³-hybridized carbons (Fsp3) is 0.522. The summed E-state index contributed by atoms with van der Waals surface area (Å²) >= 11 is 0. The van der Waals surface area contributed by atoms with Gasteiger partial charge in [0.25, 0.3) is 0 Å². The van der Waals surface area contributed by atoms with Crippen molar-refractivity contribution < 1.29 is 19.4 Å². The van der Waals surface area contributed by atoms with Crippen LogP contribution in [0.4, 0.5) is 0 Å². The molecule has 0 unspecified atom stereocenters. The molecule has 8 heteroatoms. The second-order valence-corrected chi connectivity index (χ2v) is 8.08. The summed E-state index contributed by atoms with van der Waals surface area (Å²) in [4.78, 5) is 24.3. The number of piperidine rings is 1. The lowest BCUT2D eigenvalue weighted by atomic mass is 9.97. The first kappa shape index (κ1) is 23.1. The van der Waals surface area contributed by atoms with Crippen molar-refractivity contribution in [3.05, 3.63) is 54.1 Å². The number of esters is 1. The Morgan fingerprint density at radius 2 is 1.97 bits per heavy atom. The Labute approximate surface area is 183 Å². The van der Waals surface area contributed by atoms with Gasteiger partial charge in [-0.15, -0.1) is 0 Å². The lowest BCUT2D eigenvalue weighted by Gasteiger charge is -2.31. The van der Waals surface area contributed by atoms with Crippen LogP contribution in [0.1, 0.15) is 24.1 Å². The second-order valence-electron chi connectivity index (χ2n) is 8.08. The van der Waals surface area contributed by atoms with E-state index in [2.05, 4.69) is 19.8 Å². The highest BCUT2D eigenvalue weighted by Crippen LogP contribution is 2.19. The number of likely N-dealkylation sites (tertiary alicyclic amines) is 1. The minimum atomic E-state index is -0.576. The zero-order valence-corrected chi connectivity index (χ0v) is 18.3. The number of aliphatic hydroxyl groups excluding tert-OH is 1. The molecule has 1 aromatic heterocycles. The molecule has 0 radical (unpaired) electrons. The van der Waals surface area contributed by atoms with E-state index in [1.165, 1.54) is 12.7 Å². The summed E-state index contributed by atoms with van der Waals surface area (Å²) in [6.45, 7) is 3.87. The van der Waals surface area contributed by atoms with E-state index in [-0.39, 0.29) is 18.5 Å². The van der Waals surface area contributed by atoms with Crippen LogP contribution in [-0.4, -0.2) is 77.3 Å². The Morgan fingerprint density at radius 3 is 2.61 bits per heavy atom. The number of carbonyl (C=O) groups excluding carboxylic acids is 1. The van der Waals surface area contributed by atoms with E-state index in [0.717, 1.165) is 50.5 Å². The highest BCUT2D eigenvalue weighted by atomic mass is 16.5. The molecule has 1 aliphatic heterocycles. The van der Waals surface area contributed by atoms with E-state index in [4.69, 9.17) is 9.47 Å². The first-order chi connectivity index (χ1) is 15.0. The van der Waals surface area contributed by atoms with Gasteiger partial charge in [-0.3, -0.25) is 19.7 Å². The van der Waals surface area contributed by atoms with Gasteiger partial charge in [0.15, 0.2) is 0 Å². The van der Waals surface area contributed by atoms with Crippen LogP contribution in [0.5, 0.6) is 5.75 Å². The summed E-state index contributed by atoms with van der Waals surface area (Å²) in [5, 5.41) is 10.3. The molecular formula is C23H32N4O4. The number of methoxy groups -OCH3 is 1. The van der Waals surface area contributed by atoms with Crippen molar-refractivity contribution in [2.75, 3.05) is 40.4 Å². The molecule has 0 amide bonds. The van der Waals surface area contributed by atoms with Gasteiger partial charge in [-0.25, -0.2) is 0 Å². The molecule has 1 N–H and O–H groups in total. The molecule has 1 aliphatic rings. The summed E-state index contributed by atoms with van der Waals surface area (Å²) in [6.07, 6.45) is 6.12. The average Bonchev–Trinajstić information content (AvgIpc) is 2.79. The van der Waals surface area contributed by atoms with Crippen molar-refractivity contribution in [1.82, 2.24) is 19.8 Å². The molecule has 1 saturated heterocycles. The number of carbonyl (C=O) groups is 1. The van der Waals surface area contributed by atoms with Crippen LogP contribution in [0.15, 0.2) is 42.9 Å². The number of aromatic nitrogens is 2. The normalized spacial score (nSPS) is 16.3. The van der Waals surface area contributed by atoms with Gasteiger partial charge in [-0.2, -0.15) is 0 Å². The van der Waals surface area contributed by atoms with Crippen LogP contribution in [0.3, 0.4) is 0 Å². The highest BCUT2D eigenvalue weighted by Gasteiger charge is 2.26. The molecule has 2 heterocycles. The van der Waals surface area contributed by atoms with E-state index in [0.29, 0.717) is 6.54 Å². The van der Waals surface area contributed by atoms with Gasteiger partial charge in [0, 0.05) is 38.2 Å². The number of rotatable bonds is 10. The van der Waals surface area contributed by atoms with Gasteiger partial charge >= 0.3 is 5.97 Å².